The minimum Gasteiger partial charge on any atom is -0.377 e. The van der Waals surface area contributed by atoms with Crippen LogP contribution in [0, 0.1) is 0 Å². The maximum absolute atomic E-state index is 6.12. The molecule has 94 valence electrons. The SMILES string of the molecule is CC(NCc1c(Cl)cccc1Cl)C1CCCO1. The van der Waals surface area contributed by atoms with Gasteiger partial charge in [0, 0.05) is 34.8 Å². The number of hydrogen-bond donors (Lipinski definition) is 1. The molecule has 1 aromatic carbocycles. The van der Waals surface area contributed by atoms with E-state index in [2.05, 4.69) is 12.2 Å². The van der Waals surface area contributed by atoms with E-state index in [1.54, 1.807) is 0 Å². The quantitative estimate of drug-likeness (QED) is 0.904. The zero-order valence-corrected chi connectivity index (χ0v) is 11.4. The molecule has 1 aliphatic rings. The Bertz CT molecular complexity index is 357. The predicted octanol–water partition coefficient (Wildman–Crippen LogP) is 3.65. The first kappa shape index (κ1) is 13.2. The van der Waals surface area contributed by atoms with Gasteiger partial charge in [0.15, 0.2) is 0 Å². The number of rotatable bonds is 4. The summed E-state index contributed by atoms with van der Waals surface area (Å²) in [4.78, 5) is 0. The Hall–Kier alpha value is -0.280. The molecule has 2 nitrogen and oxygen atoms in total. The van der Waals surface area contributed by atoms with Gasteiger partial charge in [-0.1, -0.05) is 29.3 Å². The fraction of sp³-hybridized carbons (Fsp3) is 0.538. The van der Waals surface area contributed by atoms with Crippen molar-refractivity contribution in [1.82, 2.24) is 5.32 Å². The monoisotopic (exact) mass is 273 g/mol. The summed E-state index contributed by atoms with van der Waals surface area (Å²) in [6, 6.07) is 5.91. The lowest BCUT2D eigenvalue weighted by Gasteiger charge is -2.20. The molecule has 0 amide bonds. The summed E-state index contributed by atoms with van der Waals surface area (Å²) in [6.07, 6.45) is 2.60. The molecule has 0 bridgehead atoms. The van der Waals surface area contributed by atoms with Crippen molar-refractivity contribution < 1.29 is 4.74 Å². The van der Waals surface area contributed by atoms with E-state index in [1.165, 1.54) is 0 Å². The van der Waals surface area contributed by atoms with Crippen LogP contribution < -0.4 is 5.32 Å². The fourth-order valence-corrected chi connectivity index (χ4v) is 2.62. The van der Waals surface area contributed by atoms with Crippen molar-refractivity contribution in [2.45, 2.75) is 38.5 Å². The van der Waals surface area contributed by atoms with Crippen LogP contribution in [-0.2, 0) is 11.3 Å². The molecule has 0 saturated carbocycles. The molecular formula is C13H17Cl2NO. The average molecular weight is 274 g/mol. The Kier molecular flexibility index (Phi) is 4.69. The van der Waals surface area contributed by atoms with Gasteiger partial charge in [-0.25, -0.2) is 0 Å². The molecule has 1 aliphatic heterocycles. The van der Waals surface area contributed by atoms with Crippen LogP contribution in [0.2, 0.25) is 10.0 Å². The van der Waals surface area contributed by atoms with Crippen molar-refractivity contribution in [3.05, 3.63) is 33.8 Å². The molecule has 2 rings (SSSR count). The summed E-state index contributed by atoms with van der Waals surface area (Å²) in [5.41, 5.74) is 0.959. The zero-order valence-electron chi connectivity index (χ0n) is 9.88. The number of nitrogens with one attached hydrogen (secondary N) is 1. The largest absolute Gasteiger partial charge is 0.377 e. The molecule has 1 N–H and O–H groups in total. The van der Waals surface area contributed by atoms with E-state index in [0.717, 1.165) is 25.0 Å². The summed E-state index contributed by atoms with van der Waals surface area (Å²) < 4.78 is 5.64. The van der Waals surface area contributed by atoms with Crippen molar-refractivity contribution in [2.75, 3.05) is 6.61 Å². The molecule has 0 aliphatic carbocycles. The molecule has 2 unspecified atom stereocenters. The van der Waals surface area contributed by atoms with Crippen LogP contribution in [0.1, 0.15) is 25.3 Å². The Morgan fingerprint density at radius 2 is 2.12 bits per heavy atom. The highest BCUT2D eigenvalue weighted by molar-refractivity contribution is 6.35. The molecule has 1 fully saturated rings. The lowest BCUT2D eigenvalue weighted by atomic mass is 10.1. The van der Waals surface area contributed by atoms with Crippen molar-refractivity contribution in [1.29, 1.82) is 0 Å². The Balaban J connectivity index is 1.92. The highest BCUT2D eigenvalue weighted by Crippen LogP contribution is 2.24. The van der Waals surface area contributed by atoms with E-state index in [9.17, 15) is 0 Å². The smallest absolute Gasteiger partial charge is 0.0726 e. The topological polar surface area (TPSA) is 21.3 Å². The van der Waals surface area contributed by atoms with E-state index in [4.69, 9.17) is 27.9 Å². The molecule has 1 aromatic rings. The maximum Gasteiger partial charge on any atom is 0.0726 e. The number of halogens is 2. The molecule has 1 saturated heterocycles. The van der Waals surface area contributed by atoms with Crippen LogP contribution in [-0.4, -0.2) is 18.8 Å². The first-order valence-corrected chi connectivity index (χ1v) is 6.72. The van der Waals surface area contributed by atoms with E-state index >= 15 is 0 Å². The standard InChI is InChI=1S/C13H17Cl2NO/c1-9(13-6-3-7-17-13)16-8-10-11(14)4-2-5-12(10)15/h2,4-5,9,13,16H,3,6-8H2,1H3. The third kappa shape index (κ3) is 3.35. The van der Waals surface area contributed by atoms with Gasteiger partial charge >= 0.3 is 0 Å². The zero-order chi connectivity index (χ0) is 12.3. The normalized spacial score (nSPS) is 21.7. The second-order valence-corrected chi connectivity index (χ2v) is 5.24. The Labute approximate surface area is 112 Å². The number of ether oxygens (including phenoxy) is 1. The van der Waals surface area contributed by atoms with E-state index in [-0.39, 0.29) is 0 Å². The second-order valence-electron chi connectivity index (χ2n) is 4.42. The van der Waals surface area contributed by atoms with Gasteiger partial charge in [0.25, 0.3) is 0 Å². The Morgan fingerprint density at radius 1 is 1.41 bits per heavy atom. The van der Waals surface area contributed by atoms with Gasteiger partial charge in [-0.3, -0.25) is 0 Å². The van der Waals surface area contributed by atoms with Crippen LogP contribution in [0.5, 0.6) is 0 Å². The Morgan fingerprint density at radius 3 is 2.71 bits per heavy atom. The van der Waals surface area contributed by atoms with Crippen molar-refractivity contribution in [3.8, 4) is 0 Å². The third-order valence-corrected chi connectivity index (χ3v) is 3.89. The molecule has 0 aromatic heterocycles. The molecule has 0 spiro atoms. The maximum atomic E-state index is 6.12. The molecule has 1 heterocycles. The first-order valence-electron chi connectivity index (χ1n) is 5.96. The van der Waals surface area contributed by atoms with Crippen molar-refractivity contribution in [2.24, 2.45) is 0 Å². The van der Waals surface area contributed by atoms with Crippen LogP contribution >= 0.6 is 23.2 Å². The fourth-order valence-electron chi connectivity index (χ4n) is 2.09. The third-order valence-electron chi connectivity index (χ3n) is 3.19. The van der Waals surface area contributed by atoms with E-state index < -0.39 is 0 Å². The van der Waals surface area contributed by atoms with E-state index in [1.807, 2.05) is 18.2 Å². The number of benzene rings is 1. The molecular weight excluding hydrogens is 257 g/mol. The van der Waals surface area contributed by atoms with Gasteiger partial charge in [0.1, 0.15) is 0 Å². The summed E-state index contributed by atoms with van der Waals surface area (Å²) >= 11 is 12.2. The van der Waals surface area contributed by atoms with Gasteiger partial charge in [0.2, 0.25) is 0 Å². The van der Waals surface area contributed by atoms with Crippen LogP contribution in [0.15, 0.2) is 18.2 Å². The molecule has 4 heteroatoms. The second kappa shape index (κ2) is 6.05. The van der Waals surface area contributed by atoms with E-state index in [0.29, 0.717) is 28.7 Å². The highest BCUT2D eigenvalue weighted by Gasteiger charge is 2.22. The van der Waals surface area contributed by atoms with Gasteiger partial charge in [0.05, 0.1) is 6.10 Å². The van der Waals surface area contributed by atoms with Crippen molar-refractivity contribution >= 4 is 23.2 Å². The highest BCUT2D eigenvalue weighted by atomic mass is 35.5. The lowest BCUT2D eigenvalue weighted by molar-refractivity contribution is 0.0832. The van der Waals surface area contributed by atoms with Gasteiger partial charge in [-0.15, -0.1) is 0 Å². The summed E-state index contributed by atoms with van der Waals surface area (Å²) in [5.74, 6) is 0. The molecule has 17 heavy (non-hydrogen) atoms. The van der Waals surface area contributed by atoms with Crippen LogP contribution in [0.25, 0.3) is 0 Å². The molecule has 2 atom stereocenters. The summed E-state index contributed by atoms with van der Waals surface area (Å²) in [7, 11) is 0. The van der Waals surface area contributed by atoms with Gasteiger partial charge in [-0.2, -0.15) is 0 Å². The summed E-state index contributed by atoms with van der Waals surface area (Å²) in [5, 5.41) is 4.85. The predicted molar refractivity (Wildman–Crippen MR) is 71.7 cm³/mol. The molecule has 0 radical (unpaired) electrons. The minimum atomic E-state index is 0.316. The van der Waals surface area contributed by atoms with Gasteiger partial charge < -0.3 is 10.1 Å². The van der Waals surface area contributed by atoms with Crippen molar-refractivity contribution in [3.63, 3.8) is 0 Å². The average Bonchev–Trinajstić information content (AvgIpc) is 2.81. The summed E-state index contributed by atoms with van der Waals surface area (Å²) in [6.45, 7) is 3.70. The lowest BCUT2D eigenvalue weighted by Crippen LogP contribution is -2.36. The minimum absolute atomic E-state index is 0.316. The number of hydrogen-bond acceptors (Lipinski definition) is 2. The van der Waals surface area contributed by atoms with Crippen LogP contribution in [0.4, 0.5) is 0 Å². The first-order chi connectivity index (χ1) is 8.18. The van der Waals surface area contributed by atoms with Crippen LogP contribution in [0.3, 0.4) is 0 Å². The van der Waals surface area contributed by atoms with Gasteiger partial charge in [-0.05, 0) is 31.9 Å².